The van der Waals surface area contributed by atoms with Crippen molar-refractivity contribution in [2.24, 2.45) is 5.10 Å². The van der Waals surface area contributed by atoms with E-state index in [1.807, 2.05) is 0 Å². The summed E-state index contributed by atoms with van der Waals surface area (Å²) in [5.74, 6) is 0.400. The number of ether oxygens (including phenoxy) is 1. The van der Waals surface area contributed by atoms with Crippen molar-refractivity contribution in [2.45, 2.75) is 13.5 Å². The molecular formula is C14H15N5O4. The molecule has 1 aromatic carbocycles. The Balaban J connectivity index is 1.91. The number of rotatable bonds is 6. The number of hydrogen-bond acceptors (Lipinski definition) is 6. The molecule has 0 aliphatic heterocycles. The SMILES string of the molecule is COc1ccc(/C=N/NC(=O)Cn2cc([N+](=O)[O-])nc2C)cc1. The Kier molecular flexibility index (Phi) is 5.03. The molecule has 0 unspecified atom stereocenters. The van der Waals surface area contributed by atoms with Gasteiger partial charge in [-0.15, -0.1) is 0 Å². The molecule has 0 saturated carbocycles. The van der Waals surface area contributed by atoms with Crippen LogP contribution < -0.4 is 10.2 Å². The first-order valence-corrected chi connectivity index (χ1v) is 6.63. The highest BCUT2D eigenvalue weighted by Gasteiger charge is 2.16. The Morgan fingerprint density at radius 2 is 2.17 bits per heavy atom. The molecule has 0 atom stereocenters. The standard InChI is InChI=1S/C14H15N5O4/c1-10-16-13(19(21)22)8-18(10)9-14(20)17-15-7-11-3-5-12(23-2)6-4-11/h3-8H,9H2,1-2H3,(H,17,20)/b15-7+. The fourth-order valence-corrected chi connectivity index (χ4v) is 1.80. The number of amides is 1. The molecule has 0 spiro atoms. The smallest absolute Gasteiger partial charge is 0.381 e. The Morgan fingerprint density at radius 1 is 1.48 bits per heavy atom. The second kappa shape index (κ2) is 7.16. The minimum Gasteiger partial charge on any atom is -0.497 e. The molecule has 2 aromatic rings. The number of aryl methyl sites for hydroxylation is 1. The molecule has 1 N–H and O–H groups in total. The van der Waals surface area contributed by atoms with Gasteiger partial charge in [-0.25, -0.2) is 5.43 Å². The normalized spacial score (nSPS) is 10.7. The Bertz CT molecular complexity index is 736. The van der Waals surface area contributed by atoms with Crippen LogP contribution in [-0.2, 0) is 11.3 Å². The van der Waals surface area contributed by atoms with Gasteiger partial charge >= 0.3 is 5.82 Å². The third kappa shape index (κ3) is 4.37. The Hall–Kier alpha value is -3.23. The number of nitrogens with one attached hydrogen (secondary N) is 1. The summed E-state index contributed by atoms with van der Waals surface area (Å²) in [6.07, 6.45) is 2.70. The van der Waals surface area contributed by atoms with Crippen molar-refractivity contribution in [3.05, 3.63) is 52.0 Å². The van der Waals surface area contributed by atoms with Crippen LogP contribution in [0.25, 0.3) is 0 Å². The summed E-state index contributed by atoms with van der Waals surface area (Å²) in [5.41, 5.74) is 3.15. The predicted molar refractivity (Wildman–Crippen MR) is 82.3 cm³/mol. The van der Waals surface area contributed by atoms with Crippen LogP contribution in [0.5, 0.6) is 5.75 Å². The molecule has 120 valence electrons. The van der Waals surface area contributed by atoms with E-state index in [4.69, 9.17) is 4.74 Å². The lowest BCUT2D eigenvalue weighted by Gasteiger charge is -2.01. The third-order valence-corrected chi connectivity index (χ3v) is 2.98. The van der Waals surface area contributed by atoms with Gasteiger partial charge in [-0.05, 0) is 39.7 Å². The second-order valence-corrected chi connectivity index (χ2v) is 4.60. The molecular weight excluding hydrogens is 302 g/mol. The van der Waals surface area contributed by atoms with E-state index in [1.54, 1.807) is 38.3 Å². The van der Waals surface area contributed by atoms with Crippen LogP contribution in [0, 0.1) is 17.0 Å². The number of nitrogens with zero attached hydrogens (tertiary/aromatic N) is 4. The first-order valence-electron chi connectivity index (χ1n) is 6.63. The quantitative estimate of drug-likeness (QED) is 0.489. The van der Waals surface area contributed by atoms with Gasteiger partial charge in [-0.2, -0.15) is 5.10 Å². The number of imidazole rings is 1. The average Bonchev–Trinajstić information content (AvgIpc) is 2.89. The molecule has 0 aliphatic carbocycles. The molecule has 1 aromatic heterocycles. The number of benzene rings is 1. The molecule has 0 fully saturated rings. The number of aromatic nitrogens is 2. The highest BCUT2D eigenvalue weighted by Crippen LogP contribution is 2.10. The Morgan fingerprint density at radius 3 is 2.74 bits per heavy atom. The summed E-state index contributed by atoms with van der Waals surface area (Å²) >= 11 is 0. The van der Waals surface area contributed by atoms with Gasteiger partial charge in [-0.3, -0.25) is 9.36 Å². The van der Waals surface area contributed by atoms with E-state index in [-0.39, 0.29) is 12.4 Å². The fourth-order valence-electron chi connectivity index (χ4n) is 1.80. The number of carbonyl (C=O) groups excluding carboxylic acids is 1. The molecule has 1 amide bonds. The van der Waals surface area contributed by atoms with Crippen LogP contribution >= 0.6 is 0 Å². The molecule has 23 heavy (non-hydrogen) atoms. The lowest BCUT2D eigenvalue weighted by molar-refractivity contribution is -0.389. The van der Waals surface area contributed by atoms with Gasteiger partial charge in [0.25, 0.3) is 5.91 Å². The lowest BCUT2D eigenvalue weighted by Crippen LogP contribution is -2.23. The predicted octanol–water partition coefficient (Wildman–Crippen LogP) is 1.26. The number of carbonyl (C=O) groups is 1. The monoisotopic (exact) mass is 317 g/mol. The van der Waals surface area contributed by atoms with Crippen molar-refractivity contribution in [3.8, 4) is 5.75 Å². The molecule has 0 bridgehead atoms. The zero-order valence-corrected chi connectivity index (χ0v) is 12.6. The van der Waals surface area contributed by atoms with E-state index in [1.165, 1.54) is 17.0 Å². The summed E-state index contributed by atoms with van der Waals surface area (Å²) < 4.78 is 6.42. The molecule has 0 saturated heterocycles. The van der Waals surface area contributed by atoms with Crippen LogP contribution in [0.15, 0.2) is 35.6 Å². The number of hydrogen-bond donors (Lipinski definition) is 1. The number of methoxy groups -OCH3 is 1. The first kappa shape index (κ1) is 16.1. The topological polar surface area (TPSA) is 112 Å². The molecule has 1 heterocycles. The van der Waals surface area contributed by atoms with Gasteiger partial charge in [-0.1, -0.05) is 0 Å². The zero-order chi connectivity index (χ0) is 16.8. The van der Waals surface area contributed by atoms with Crippen molar-refractivity contribution >= 4 is 17.9 Å². The molecule has 0 aliphatic rings. The second-order valence-electron chi connectivity index (χ2n) is 4.60. The molecule has 9 heteroatoms. The molecule has 2 rings (SSSR count). The van der Waals surface area contributed by atoms with Gasteiger partial charge < -0.3 is 14.9 Å². The van der Waals surface area contributed by atoms with E-state index in [9.17, 15) is 14.9 Å². The van der Waals surface area contributed by atoms with Gasteiger partial charge in [0.15, 0.2) is 0 Å². The highest BCUT2D eigenvalue weighted by atomic mass is 16.6. The van der Waals surface area contributed by atoms with Crippen molar-refractivity contribution < 1.29 is 14.5 Å². The van der Waals surface area contributed by atoms with E-state index in [0.29, 0.717) is 5.82 Å². The summed E-state index contributed by atoms with van der Waals surface area (Å²) in [5, 5.41) is 14.5. The molecule has 9 nitrogen and oxygen atoms in total. The summed E-state index contributed by atoms with van der Waals surface area (Å²) in [4.78, 5) is 25.5. The maximum atomic E-state index is 11.8. The zero-order valence-electron chi connectivity index (χ0n) is 12.6. The summed E-state index contributed by atoms with van der Waals surface area (Å²) in [7, 11) is 1.58. The maximum Gasteiger partial charge on any atom is 0.381 e. The largest absolute Gasteiger partial charge is 0.497 e. The van der Waals surface area contributed by atoms with Crippen LogP contribution in [0.4, 0.5) is 5.82 Å². The molecule has 0 radical (unpaired) electrons. The van der Waals surface area contributed by atoms with E-state index in [2.05, 4.69) is 15.5 Å². The van der Waals surface area contributed by atoms with Crippen molar-refractivity contribution in [2.75, 3.05) is 7.11 Å². The van der Waals surface area contributed by atoms with Crippen LogP contribution in [0.3, 0.4) is 0 Å². The van der Waals surface area contributed by atoms with Gasteiger partial charge in [0.2, 0.25) is 5.82 Å². The summed E-state index contributed by atoms with van der Waals surface area (Å²) in [6, 6.07) is 7.13. The fraction of sp³-hybridized carbons (Fsp3) is 0.214. The van der Waals surface area contributed by atoms with Crippen LogP contribution in [0.2, 0.25) is 0 Å². The van der Waals surface area contributed by atoms with Crippen molar-refractivity contribution in [3.63, 3.8) is 0 Å². The maximum absolute atomic E-state index is 11.8. The van der Waals surface area contributed by atoms with E-state index in [0.717, 1.165) is 11.3 Å². The minimum absolute atomic E-state index is 0.105. The van der Waals surface area contributed by atoms with Gasteiger partial charge in [0.1, 0.15) is 18.5 Å². The van der Waals surface area contributed by atoms with E-state index < -0.39 is 10.8 Å². The van der Waals surface area contributed by atoms with E-state index >= 15 is 0 Å². The third-order valence-electron chi connectivity index (χ3n) is 2.98. The van der Waals surface area contributed by atoms with Crippen molar-refractivity contribution in [1.29, 1.82) is 0 Å². The number of nitro groups is 1. The minimum atomic E-state index is -0.608. The van der Waals surface area contributed by atoms with Crippen LogP contribution in [0.1, 0.15) is 11.4 Å². The highest BCUT2D eigenvalue weighted by molar-refractivity contribution is 5.82. The lowest BCUT2D eigenvalue weighted by atomic mass is 10.2. The van der Waals surface area contributed by atoms with Gasteiger partial charge in [0, 0.05) is 6.92 Å². The van der Waals surface area contributed by atoms with Crippen LogP contribution in [-0.4, -0.2) is 33.7 Å². The summed E-state index contributed by atoms with van der Waals surface area (Å²) in [6.45, 7) is 1.48. The Labute approximate surface area is 131 Å². The van der Waals surface area contributed by atoms with Crippen molar-refractivity contribution in [1.82, 2.24) is 15.0 Å². The first-order chi connectivity index (χ1) is 11.0. The van der Waals surface area contributed by atoms with Gasteiger partial charge in [0.05, 0.1) is 13.3 Å². The number of hydrazone groups is 1. The average molecular weight is 317 g/mol.